The highest BCUT2D eigenvalue weighted by Gasteiger charge is 2.20. The molecule has 1 aromatic rings. The minimum atomic E-state index is -0.610. The second-order valence-corrected chi connectivity index (χ2v) is 10.9. The number of rotatable bonds is 12. The molecule has 0 radical (unpaired) electrons. The molecule has 1 aromatic heterocycles. The summed E-state index contributed by atoms with van der Waals surface area (Å²) >= 11 is 0. The van der Waals surface area contributed by atoms with Gasteiger partial charge in [-0.05, 0) is 51.7 Å². The van der Waals surface area contributed by atoms with Crippen LogP contribution in [0.25, 0.3) is 0 Å². The molecule has 0 spiro atoms. The Hall–Kier alpha value is -3.70. The summed E-state index contributed by atoms with van der Waals surface area (Å²) in [5.41, 5.74) is 7.66. The van der Waals surface area contributed by atoms with E-state index in [1.165, 1.54) is 12.2 Å². The van der Waals surface area contributed by atoms with E-state index >= 15 is 0 Å². The van der Waals surface area contributed by atoms with E-state index in [-0.39, 0.29) is 29.9 Å². The monoisotopic (exact) mass is 600 g/mol. The van der Waals surface area contributed by atoms with Gasteiger partial charge in [0, 0.05) is 61.7 Å². The minimum Gasteiger partial charge on any atom is -0.512 e. The minimum absolute atomic E-state index is 0.00758. The number of aromatic hydroxyl groups is 1. The van der Waals surface area contributed by atoms with Gasteiger partial charge in [-0.1, -0.05) is 32.9 Å². The van der Waals surface area contributed by atoms with Crippen LogP contribution >= 0.6 is 0 Å². The number of allylic oxidation sites excluding steroid dienone is 5. The van der Waals surface area contributed by atoms with Gasteiger partial charge < -0.3 is 31.5 Å². The lowest BCUT2D eigenvalue weighted by atomic mass is 9.99. The fourth-order valence-electron chi connectivity index (χ4n) is 4.90. The number of anilines is 2. The predicted octanol–water partition coefficient (Wildman–Crippen LogP) is 4.72. The quantitative estimate of drug-likeness (QED) is 0.0990. The third-order valence-electron chi connectivity index (χ3n) is 7.59. The molecule has 1 aliphatic heterocycles. The molecule has 2 heterocycles. The maximum atomic E-state index is 14.8. The number of carbonyl (C=O) groups excluding carboxylic acids is 2. The summed E-state index contributed by atoms with van der Waals surface area (Å²) in [6, 6.07) is 1.58. The first-order valence-corrected chi connectivity index (χ1v) is 15.1. The number of aldehydes is 1. The number of ketones is 1. The summed E-state index contributed by atoms with van der Waals surface area (Å²) in [7, 11) is 0. The Bertz CT molecular complexity index is 1180. The number of hydrogen-bond donors (Lipinski definition) is 5. The number of aromatic nitrogens is 1. The van der Waals surface area contributed by atoms with Crippen LogP contribution < -0.4 is 21.3 Å². The number of aliphatic hydroxyl groups excluding tert-OH is 1. The Morgan fingerprint density at radius 1 is 1.28 bits per heavy atom. The van der Waals surface area contributed by atoms with Gasteiger partial charge in [-0.15, -0.1) is 0 Å². The van der Waals surface area contributed by atoms with Crippen molar-refractivity contribution in [1.29, 1.82) is 0 Å². The van der Waals surface area contributed by atoms with E-state index in [0.29, 0.717) is 54.7 Å². The topological polar surface area (TPSA) is 144 Å². The predicted molar refractivity (Wildman–Crippen MR) is 171 cm³/mol. The molecule has 0 amide bonds. The number of nitrogens with zero attached hydrogens (tertiary/aromatic N) is 3. The molecule has 6 N–H and O–H groups in total. The Morgan fingerprint density at radius 2 is 2.02 bits per heavy atom. The fraction of sp³-hybridized carbons (Fsp3) is 0.531. The average molecular weight is 601 g/mol. The van der Waals surface area contributed by atoms with Gasteiger partial charge in [-0.2, -0.15) is 0 Å². The van der Waals surface area contributed by atoms with E-state index in [1.807, 2.05) is 0 Å². The average Bonchev–Trinajstić information content (AvgIpc) is 3.00. The Kier molecular flexibility index (Phi) is 15.5. The molecule has 11 heteroatoms. The van der Waals surface area contributed by atoms with Gasteiger partial charge in [0.15, 0.2) is 17.9 Å². The summed E-state index contributed by atoms with van der Waals surface area (Å²) in [6.07, 6.45) is 8.50. The normalized spacial score (nSPS) is 19.2. The zero-order valence-electron chi connectivity index (χ0n) is 25.9. The van der Waals surface area contributed by atoms with Crippen LogP contribution in [0.4, 0.5) is 15.9 Å². The molecule has 238 valence electrons. The van der Waals surface area contributed by atoms with Gasteiger partial charge in [-0.3, -0.25) is 14.5 Å². The van der Waals surface area contributed by atoms with Crippen LogP contribution in [-0.4, -0.2) is 78.0 Å². The molecule has 0 aliphatic carbocycles. The smallest absolute Gasteiger partial charge is 0.201 e. The van der Waals surface area contributed by atoms with Crippen molar-refractivity contribution in [3.8, 4) is 5.75 Å². The van der Waals surface area contributed by atoms with Crippen LogP contribution in [0.3, 0.4) is 0 Å². The molecule has 1 unspecified atom stereocenters. The molecule has 1 fully saturated rings. The summed E-state index contributed by atoms with van der Waals surface area (Å²) in [4.78, 5) is 30.9. The largest absolute Gasteiger partial charge is 0.512 e. The molecular formula is C32H49FN6O4. The second kappa shape index (κ2) is 18.8. The van der Waals surface area contributed by atoms with Crippen LogP contribution in [0, 0.1) is 5.92 Å². The van der Waals surface area contributed by atoms with Crippen molar-refractivity contribution in [2.75, 3.05) is 56.0 Å². The maximum Gasteiger partial charge on any atom is 0.201 e. The summed E-state index contributed by atoms with van der Waals surface area (Å²) in [5.74, 6) is -0.173. The van der Waals surface area contributed by atoms with E-state index in [0.717, 1.165) is 51.9 Å². The maximum absolute atomic E-state index is 14.8. The highest BCUT2D eigenvalue weighted by molar-refractivity contribution is 6.25. The molecule has 1 saturated heterocycles. The highest BCUT2D eigenvalue weighted by atomic mass is 19.1. The van der Waals surface area contributed by atoms with E-state index in [1.54, 1.807) is 26.1 Å². The lowest BCUT2D eigenvalue weighted by Gasteiger charge is -2.29. The van der Waals surface area contributed by atoms with E-state index in [4.69, 9.17) is 5.73 Å². The van der Waals surface area contributed by atoms with E-state index in [2.05, 4.69) is 38.9 Å². The van der Waals surface area contributed by atoms with Crippen LogP contribution in [0.5, 0.6) is 5.75 Å². The van der Waals surface area contributed by atoms with Crippen LogP contribution in [0.1, 0.15) is 59.3 Å². The van der Waals surface area contributed by atoms with Gasteiger partial charge in [0.2, 0.25) is 5.78 Å². The zero-order chi connectivity index (χ0) is 31.8. The van der Waals surface area contributed by atoms with Crippen LogP contribution in [0.2, 0.25) is 0 Å². The molecule has 0 aromatic carbocycles. The van der Waals surface area contributed by atoms with Gasteiger partial charge in [0.25, 0.3) is 0 Å². The van der Waals surface area contributed by atoms with Crippen molar-refractivity contribution in [3.05, 3.63) is 59.5 Å². The lowest BCUT2D eigenvalue weighted by molar-refractivity contribution is -0.129. The van der Waals surface area contributed by atoms with Crippen molar-refractivity contribution in [2.45, 2.75) is 59.3 Å². The van der Waals surface area contributed by atoms with Gasteiger partial charge in [0.05, 0.1) is 24.1 Å². The first-order chi connectivity index (χ1) is 20.6. The van der Waals surface area contributed by atoms with Crippen molar-refractivity contribution >= 4 is 23.6 Å². The summed E-state index contributed by atoms with van der Waals surface area (Å²) in [6.45, 7) is 14.3. The number of hydrogen-bond acceptors (Lipinski definition) is 10. The van der Waals surface area contributed by atoms with E-state index < -0.39 is 11.6 Å². The number of pyridine rings is 1. The highest BCUT2D eigenvalue weighted by Crippen LogP contribution is 2.30. The molecule has 10 nitrogen and oxygen atoms in total. The molecule has 2 rings (SSSR count). The fourth-order valence-corrected chi connectivity index (χ4v) is 4.90. The van der Waals surface area contributed by atoms with Crippen LogP contribution in [-0.2, 0) is 9.59 Å². The van der Waals surface area contributed by atoms with Crippen molar-refractivity contribution in [1.82, 2.24) is 15.2 Å². The Morgan fingerprint density at radius 3 is 2.67 bits per heavy atom. The molecule has 1 atom stereocenters. The van der Waals surface area contributed by atoms with Gasteiger partial charge >= 0.3 is 0 Å². The number of nitrogens with two attached hydrogens (primary N) is 1. The third kappa shape index (κ3) is 12.2. The van der Waals surface area contributed by atoms with Crippen molar-refractivity contribution < 1.29 is 24.2 Å². The zero-order valence-corrected chi connectivity index (χ0v) is 25.9. The number of nitrogens with one attached hydrogen (secondary N) is 2. The molecular weight excluding hydrogens is 551 g/mol. The Balaban J connectivity index is 2.15. The molecule has 0 bridgehead atoms. The SMILES string of the molecule is C=C/C(CN1CCCNCCN(c2ncc(N/C(C)=C(\N)CC(=O)C=O)cc2O)CC(CC)CCC1)=C(F)\C=C(\O)CC. The number of halogens is 1. The number of aliphatic hydroxyl groups is 1. The first kappa shape index (κ1) is 35.5. The van der Waals surface area contributed by atoms with Gasteiger partial charge in [0.1, 0.15) is 5.83 Å². The molecule has 0 saturated carbocycles. The summed E-state index contributed by atoms with van der Waals surface area (Å²) in [5, 5.41) is 27.2. The van der Waals surface area contributed by atoms with E-state index in [9.17, 15) is 24.2 Å². The third-order valence-corrected chi connectivity index (χ3v) is 7.59. The van der Waals surface area contributed by atoms with Crippen molar-refractivity contribution in [2.24, 2.45) is 11.7 Å². The molecule has 43 heavy (non-hydrogen) atoms. The standard InChI is InChI=1S/C32H49FN6O4/c1-5-24-10-8-13-38(21-25(6-2)29(33)17-27(41)7-3)14-9-11-35-12-15-39(20-24)32-31(43)16-26(19-36-32)37-23(4)30(34)18-28(42)22-40/h6,16-17,19,22,24,35,37,41,43H,2,5,7-15,18,20-21,34H2,1,3-4H3/b27-17+,29-25-,30-23-. The number of Topliss-reactive ketones (excluding diaryl/α,β-unsaturated/α-hetero) is 1. The molecule has 1 aliphatic rings. The first-order valence-electron chi connectivity index (χ1n) is 15.1. The van der Waals surface area contributed by atoms with Crippen LogP contribution in [0.15, 0.2) is 59.5 Å². The number of carbonyl (C=O) groups is 2. The van der Waals surface area contributed by atoms with Gasteiger partial charge in [-0.25, -0.2) is 9.37 Å². The van der Waals surface area contributed by atoms with Crippen molar-refractivity contribution in [3.63, 3.8) is 0 Å². The lowest BCUT2D eigenvalue weighted by Crippen LogP contribution is -2.36. The second-order valence-electron chi connectivity index (χ2n) is 10.9. The summed E-state index contributed by atoms with van der Waals surface area (Å²) < 4.78 is 14.8. The Labute approximate surface area is 255 Å².